The largest absolute Gasteiger partial charge is 0.389 e. The first-order valence-corrected chi connectivity index (χ1v) is 7.03. The van der Waals surface area contributed by atoms with Crippen molar-refractivity contribution in [3.8, 4) is 0 Å². The molecule has 0 spiro atoms. The van der Waals surface area contributed by atoms with Gasteiger partial charge in [-0.25, -0.2) is 0 Å². The number of aromatic nitrogens is 1. The molecule has 0 unspecified atom stereocenters. The Morgan fingerprint density at radius 2 is 1.94 bits per heavy atom. The highest BCUT2D eigenvalue weighted by atomic mass is 16.3. The minimum Gasteiger partial charge on any atom is -0.389 e. The summed E-state index contributed by atoms with van der Waals surface area (Å²) in [4.78, 5) is 4.36. The average Bonchev–Trinajstić information content (AvgIpc) is 2.57. The Morgan fingerprint density at radius 1 is 1.22 bits per heavy atom. The summed E-state index contributed by atoms with van der Waals surface area (Å²) in [6.07, 6.45) is 8.59. The molecule has 100 valence electrons. The molecule has 1 aliphatic carbocycles. The van der Waals surface area contributed by atoms with Crippen molar-refractivity contribution >= 4 is 0 Å². The van der Waals surface area contributed by atoms with Crippen molar-refractivity contribution in [2.75, 3.05) is 6.54 Å². The van der Waals surface area contributed by atoms with Gasteiger partial charge in [-0.3, -0.25) is 4.98 Å². The van der Waals surface area contributed by atoms with Crippen LogP contribution in [0.1, 0.15) is 49.8 Å². The molecule has 0 saturated heterocycles. The first-order valence-electron chi connectivity index (χ1n) is 7.03. The van der Waals surface area contributed by atoms with Crippen LogP contribution in [-0.4, -0.2) is 22.2 Å². The number of hydrogen-bond acceptors (Lipinski definition) is 3. The lowest BCUT2D eigenvalue weighted by Gasteiger charge is -2.26. The molecule has 18 heavy (non-hydrogen) atoms. The van der Waals surface area contributed by atoms with Crippen LogP contribution >= 0.6 is 0 Å². The highest BCUT2D eigenvalue weighted by Crippen LogP contribution is 2.26. The number of hydrogen-bond donors (Lipinski definition) is 2. The second kappa shape index (κ2) is 6.30. The fourth-order valence-corrected chi connectivity index (χ4v) is 2.59. The van der Waals surface area contributed by atoms with E-state index in [1.807, 2.05) is 19.2 Å². The standard InChI is InChI=1S/C15H24N2O/c1-13-6-7-14(17-10-13)11-16-12-15(18)8-4-2-3-5-9-15/h6-7,10,16,18H,2-5,8-9,11-12H2,1H3. The predicted octanol–water partition coefficient (Wildman–Crippen LogP) is 2.56. The van der Waals surface area contributed by atoms with Crippen molar-refractivity contribution in [3.63, 3.8) is 0 Å². The van der Waals surface area contributed by atoms with Gasteiger partial charge in [0.1, 0.15) is 0 Å². The Hall–Kier alpha value is -0.930. The average molecular weight is 248 g/mol. The zero-order valence-electron chi connectivity index (χ0n) is 11.3. The van der Waals surface area contributed by atoms with Gasteiger partial charge in [-0.1, -0.05) is 31.7 Å². The van der Waals surface area contributed by atoms with Gasteiger partial charge in [-0.2, -0.15) is 0 Å². The van der Waals surface area contributed by atoms with Crippen LogP contribution in [0.3, 0.4) is 0 Å². The topological polar surface area (TPSA) is 45.1 Å². The van der Waals surface area contributed by atoms with Crippen molar-refractivity contribution in [1.82, 2.24) is 10.3 Å². The van der Waals surface area contributed by atoms with Crippen LogP contribution in [0.5, 0.6) is 0 Å². The molecule has 0 bridgehead atoms. The quantitative estimate of drug-likeness (QED) is 0.805. The van der Waals surface area contributed by atoms with E-state index in [1.165, 1.54) is 18.4 Å². The SMILES string of the molecule is Cc1ccc(CNCC2(O)CCCCCC2)nc1. The summed E-state index contributed by atoms with van der Waals surface area (Å²) in [5.41, 5.74) is 1.72. The summed E-state index contributed by atoms with van der Waals surface area (Å²) in [6, 6.07) is 4.11. The van der Waals surface area contributed by atoms with Crippen LogP contribution in [0.4, 0.5) is 0 Å². The Balaban J connectivity index is 1.78. The van der Waals surface area contributed by atoms with Crippen molar-refractivity contribution in [1.29, 1.82) is 0 Å². The summed E-state index contributed by atoms with van der Waals surface area (Å²) < 4.78 is 0. The molecule has 1 aromatic rings. The number of rotatable bonds is 4. The van der Waals surface area contributed by atoms with E-state index in [0.29, 0.717) is 6.54 Å². The Bertz CT molecular complexity index is 353. The third-order valence-electron chi connectivity index (χ3n) is 3.77. The van der Waals surface area contributed by atoms with E-state index in [-0.39, 0.29) is 0 Å². The van der Waals surface area contributed by atoms with Crippen molar-refractivity contribution < 1.29 is 5.11 Å². The fourth-order valence-electron chi connectivity index (χ4n) is 2.59. The smallest absolute Gasteiger partial charge is 0.0771 e. The zero-order valence-corrected chi connectivity index (χ0v) is 11.3. The summed E-state index contributed by atoms with van der Waals surface area (Å²) in [5.74, 6) is 0. The zero-order chi connectivity index (χ0) is 12.8. The van der Waals surface area contributed by atoms with E-state index in [9.17, 15) is 5.11 Å². The summed E-state index contributed by atoms with van der Waals surface area (Å²) in [7, 11) is 0. The van der Waals surface area contributed by atoms with Crippen LogP contribution in [0.2, 0.25) is 0 Å². The van der Waals surface area contributed by atoms with Crippen molar-refractivity contribution in [3.05, 3.63) is 29.6 Å². The van der Waals surface area contributed by atoms with Gasteiger partial charge in [-0.05, 0) is 31.4 Å². The molecule has 3 nitrogen and oxygen atoms in total. The Morgan fingerprint density at radius 3 is 2.56 bits per heavy atom. The second-order valence-electron chi connectivity index (χ2n) is 5.57. The van der Waals surface area contributed by atoms with Gasteiger partial charge in [0.05, 0.1) is 11.3 Å². The van der Waals surface area contributed by atoms with Crippen LogP contribution in [0.25, 0.3) is 0 Å². The molecule has 1 saturated carbocycles. The van der Waals surface area contributed by atoms with E-state index in [1.54, 1.807) is 0 Å². The van der Waals surface area contributed by atoms with E-state index in [0.717, 1.165) is 37.9 Å². The van der Waals surface area contributed by atoms with Crippen molar-refractivity contribution in [2.24, 2.45) is 0 Å². The molecule has 1 fully saturated rings. The van der Waals surface area contributed by atoms with Crippen LogP contribution in [-0.2, 0) is 6.54 Å². The highest BCUT2D eigenvalue weighted by Gasteiger charge is 2.27. The van der Waals surface area contributed by atoms with Gasteiger partial charge in [0, 0.05) is 19.3 Å². The van der Waals surface area contributed by atoms with Crippen molar-refractivity contribution in [2.45, 2.75) is 57.6 Å². The maximum absolute atomic E-state index is 10.5. The molecule has 0 atom stereocenters. The van der Waals surface area contributed by atoms with Gasteiger partial charge in [-0.15, -0.1) is 0 Å². The fraction of sp³-hybridized carbons (Fsp3) is 0.667. The Kier molecular flexibility index (Phi) is 4.72. The molecule has 0 aliphatic heterocycles. The molecule has 1 aliphatic rings. The lowest BCUT2D eigenvalue weighted by molar-refractivity contribution is 0.0250. The van der Waals surface area contributed by atoms with Gasteiger partial charge in [0.25, 0.3) is 0 Å². The van der Waals surface area contributed by atoms with Gasteiger partial charge < -0.3 is 10.4 Å². The van der Waals surface area contributed by atoms with Crippen LogP contribution in [0.15, 0.2) is 18.3 Å². The minimum absolute atomic E-state index is 0.499. The lowest BCUT2D eigenvalue weighted by atomic mass is 9.94. The van der Waals surface area contributed by atoms with Gasteiger partial charge >= 0.3 is 0 Å². The maximum Gasteiger partial charge on any atom is 0.0771 e. The predicted molar refractivity (Wildman–Crippen MR) is 73.3 cm³/mol. The molecule has 0 amide bonds. The number of nitrogens with zero attached hydrogens (tertiary/aromatic N) is 1. The van der Waals surface area contributed by atoms with Gasteiger partial charge in [0.2, 0.25) is 0 Å². The molecule has 0 radical (unpaired) electrons. The summed E-state index contributed by atoms with van der Waals surface area (Å²) >= 11 is 0. The molecular weight excluding hydrogens is 224 g/mol. The monoisotopic (exact) mass is 248 g/mol. The summed E-state index contributed by atoms with van der Waals surface area (Å²) in [5, 5.41) is 13.8. The van der Waals surface area contributed by atoms with Crippen LogP contribution in [0, 0.1) is 6.92 Å². The lowest BCUT2D eigenvalue weighted by Crippen LogP contribution is -2.40. The molecular formula is C15H24N2O. The molecule has 1 heterocycles. The minimum atomic E-state index is -0.499. The summed E-state index contributed by atoms with van der Waals surface area (Å²) in [6.45, 7) is 3.46. The van der Waals surface area contributed by atoms with Crippen LogP contribution < -0.4 is 5.32 Å². The maximum atomic E-state index is 10.5. The highest BCUT2D eigenvalue weighted by molar-refractivity contribution is 5.12. The third-order valence-corrected chi connectivity index (χ3v) is 3.77. The Labute approximate surface area is 110 Å². The number of pyridine rings is 1. The molecule has 0 aromatic carbocycles. The first-order chi connectivity index (χ1) is 8.68. The molecule has 3 heteroatoms. The van der Waals surface area contributed by atoms with E-state index in [2.05, 4.69) is 16.4 Å². The molecule has 1 aromatic heterocycles. The van der Waals surface area contributed by atoms with E-state index in [4.69, 9.17) is 0 Å². The van der Waals surface area contributed by atoms with Gasteiger partial charge in [0.15, 0.2) is 0 Å². The van der Waals surface area contributed by atoms with E-state index < -0.39 is 5.60 Å². The number of nitrogens with one attached hydrogen (secondary N) is 1. The second-order valence-corrected chi connectivity index (χ2v) is 5.57. The number of aliphatic hydroxyl groups is 1. The molecule has 2 rings (SSSR count). The number of aryl methyl sites for hydroxylation is 1. The van der Waals surface area contributed by atoms with E-state index >= 15 is 0 Å². The first kappa shape index (κ1) is 13.5. The third kappa shape index (κ3) is 4.07. The molecule has 2 N–H and O–H groups in total. The normalized spacial score (nSPS) is 19.4.